The van der Waals surface area contributed by atoms with Gasteiger partial charge in [-0.1, -0.05) is 6.07 Å². The molecule has 1 saturated heterocycles. The van der Waals surface area contributed by atoms with Gasteiger partial charge in [0.05, 0.1) is 10.5 Å². The third kappa shape index (κ3) is 3.50. The van der Waals surface area contributed by atoms with Gasteiger partial charge in [-0.2, -0.15) is 0 Å². The largest absolute Gasteiger partial charge is 0.398 e. The molecule has 0 saturated carbocycles. The maximum absolute atomic E-state index is 12.4. The van der Waals surface area contributed by atoms with E-state index in [1.807, 2.05) is 20.8 Å². The number of rotatable bonds is 3. The van der Waals surface area contributed by atoms with Crippen LogP contribution in [0.2, 0.25) is 0 Å². The molecule has 0 aliphatic carbocycles. The van der Waals surface area contributed by atoms with Gasteiger partial charge in [0, 0.05) is 18.3 Å². The lowest BCUT2D eigenvalue weighted by Crippen LogP contribution is -2.45. The number of ether oxygens (including phenoxy) is 1. The number of sulfonamides is 1. The smallest absolute Gasteiger partial charge is 0.240 e. The van der Waals surface area contributed by atoms with Gasteiger partial charge >= 0.3 is 0 Å². The average molecular weight is 298 g/mol. The zero-order valence-electron chi connectivity index (χ0n) is 12.1. The van der Waals surface area contributed by atoms with Crippen molar-refractivity contribution in [3.05, 3.63) is 23.8 Å². The Morgan fingerprint density at radius 3 is 2.70 bits per heavy atom. The van der Waals surface area contributed by atoms with Crippen molar-refractivity contribution in [3.8, 4) is 0 Å². The van der Waals surface area contributed by atoms with Crippen LogP contribution in [-0.2, 0) is 14.8 Å². The summed E-state index contributed by atoms with van der Waals surface area (Å²) in [4.78, 5) is 0.213. The maximum atomic E-state index is 12.4. The normalized spacial score (nSPS) is 22.6. The number of benzene rings is 1. The molecule has 0 bridgehead atoms. The quantitative estimate of drug-likeness (QED) is 0.834. The highest BCUT2D eigenvalue weighted by Crippen LogP contribution is 2.25. The SMILES string of the molecule is Cc1ccc(S(=O)(=O)NC2CCOC(C)(C)C2)cc1N. The standard InChI is InChI=1S/C14H22N2O3S/c1-10-4-5-12(8-13(10)15)20(17,18)16-11-6-7-19-14(2,3)9-11/h4-5,8,11,16H,6-7,9,15H2,1-3H3. The van der Waals surface area contributed by atoms with Gasteiger partial charge in [-0.25, -0.2) is 13.1 Å². The van der Waals surface area contributed by atoms with Crippen molar-refractivity contribution in [1.29, 1.82) is 0 Å². The molecule has 1 aliphatic rings. The fraction of sp³-hybridized carbons (Fsp3) is 0.571. The zero-order chi connectivity index (χ0) is 15.0. The number of hydrogen-bond acceptors (Lipinski definition) is 4. The molecule has 1 aromatic rings. The zero-order valence-corrected chi connectivity index (χ0v) is 13.0. The van der Waals surface area contributed by atoms with Crippen LogP contribution in [-0.4, -0.2) is 26.7 Å². The molecule has 1 unspecified atom stereocenters. The first-order chi connectivity index (χ1) is 9.20. The molecule has 1 fully saturated rings. The van der Waals surface area contributed by atoms with Crippen LogP contribution >= 0.6 is 0 Å². The van der Waals surface area contributed by atoms with E-state index in [0.29, 0.717) is 25.1 Å². The Kier molecular flexibility index (Phi) is 4.09. The molecule has 112 valence electrons. The molecular weight excluding hydrogens is 276 g/mol. The lowest BCUT2D eigenvalue weighted by atomic mass is 9.95. The minimum Gasteiger partial charge on any atom is -0.398 e. The Morgan fingerprint density at radius 2 is 2.10 bits per heavy atom. The van der Waals surface area contributed by atoms with Gasteiger partial charge in [-0.15, -0.1) is 0 Å². The molecule has 0 spiro atoms. The monoisotopic (exact) mass is 298 g/mol. The van der Waals surface area contributed by atoms with Crippen molar-refractivity contribution in [3.63, 3.8) is 0 Å². The van der Waals surface area contributed by atoms with Crippen LogP contribution in [0.25, 0.3) is 0 Å². The summed E-state index contributed by atoms with van der Waals surface area (Å²) in [6.45, 7) is 6.35. The molecule has 2 rings (SSSR count). The first kappa shape index (κ1) is 15.3. The predicted octanol–water partition coefficient (Wildman–Crippen LogP) is 1.81. The molecule has 6 heteroatoms. The van der Waals surface area contributed by atoms with E-state index in [1.54, 1.807) is 12.1 Å². The van der Waals surface area contributed by atoms with Crippen molar-refractivity contribution < 1.29 is 13.2 Å². The van der Waals surface area contributed by atoms with Gasteiger partial charge in [0.2, 0.25) is 10.0 Å². The first-order valence-electron chi connectivity index (χ1n) is 6.72. The highest BCUT2D eigenvalue weighted by molar-refractivity contribution is 7.89. The topological polar surface area (TPSA) is 81.4 Å². The summed E-state index contributed by atoms with van der Waals surface area (Å²) >= 11 is 0. The summed E-state index contributed by atoms with van der Waals surface area (Å²) < 4.78 is 33.1. The Hall–Kier alpha value is -1.11. The number of aryl methyl sites for hydroxylation is 1. The summed E-state index contributed by atoms with van der Waals surface area (Å²) in [6.07, 6.45) is 1.34. The summed E-state index contributed by atoms with van der Waals surface area (Å²) in [6, 6.07) is 4.70. The van der Waals surface area contributed by atoms with Crippen LogP contribution in [0.4, 0.5) is 5.69 Å². The number of nitrogens with two attached hydrogens (primary N) is 1. The van der Waals surface area contributed by atoms with Crippen LogP contribution in [0, 0.1) is 6.92 Å². The van der Waals surface area contributed by atoms with Gasteiger partial charge in [0.25, 0.3) is 0 Å². The average Bonchev–Trinajstić information content (AvgIpc) is 2.30. The molecule has 0 radical (unpaired) electrons. The second kappa shape index (κ2) is 5.35. The van der Waals surface area contributed by atoms with E-state index < -0.39 is 10.0 Å². The molecule has 3 N–H and O–H groups in total. The minimum atomic E-state index is -3.53. The van der Waals surface area contributed by atoms with Crippen molar-refractivity contribution in [2.24, 2.45) is 0 Å². The summed E-state index contributed by atoms with van der Waals surface area (Å²) in [5.41, 5.74) is 6.85. The summed E-state index contributed by atoms with van der Waals surface area (Å²) in [7, 11) is -3.53. The van der Waals surface area contributed by atoms with Gasteiger partial charge in [0.15, 0.2) is 0 Å². The van der Waals surface area contributed by atoms with E-state index in [-0.39, 0.29) is 16.5 Å². The Balaban J connectivity index is 2.16. The minimum absolute atomic E-state index is 0.105. The Morgan fingerprint density at radius 1 is 1.40 bits per heavy atom. The number of nitrogen functional groups attached to an aromatic ring is 1. The molecule has 0 amide bonds. The van der Waals surface area contributed by atoms with Crippen molar-refractivity contribution in [2.75, 3.05) is 12.3 Å². The molecule has 1 heterocycles. The fourth-order valence-corrected chi connectivity index (χ4v) is 3.71. The fourth-order valence-electron chi connectivity index (χ4n) is 2.41. The van der Waals surface area contributed by atoms with Gasteiger partial charge < -0.3 is 10.5 Å². The Bertz CT molecular complexity index is 596. The summed E-state index contributed by atoms with van der Waals surface area (Å²) in [5, 5.41) is 0. The second-order valence-corrected chi connectivity index (χ2v) is 7.65. The van der Waals surface area contributed by atoms with E-state index in [1.165, 1.54) is 6.07 Å². The van der Waals surface area contributed by atoms with Gasteiger partial charge in [0.1, 0.15) is 0 Å². The first-order valence-corrected chi connectivity index (χ1v) is 8.20. The lowest BCUT2D eigenvalue weighted by molar-refractivity contribution is -0.0599. The van der Waals surface area contributed by atoms with Gasteiger partial charge in [-0.3, -0.25) is 0 Å². The predicted molar refractivity (Wildman–Crippen MR) is 79.0 cm³/mol. The molecule has 1 atom stereocenters. The van der Waals surface area contributed by atoms with Crippen LogP contribution < -0.4 is 10.5 Å². The number of anilines is 1. The van der Waals surface area contributed by atoms with Crippen LogP contribution in [0.5, 0.6) is 0 Å². The lowest BCUT2D eigenvalue weighted by Gasteiger charge is -2.35. The maximum Gasteiger partial charge on any atom is 0.240 e. The highest BCUT2D eigenvalue weighted by atomic mass is 32.2. The number of hydrogen-bond donors (Lipinski definition) is 2. The van der Waals surface area contributed by atoms with E-state index in [4.69, 9.17) is 10.5 Å². The Labute approximate surface area is 120 Å². The molecular formula is C14H22N2O3S. The summed E-state index contributed by atoms with van der Waals surface area (Å²) in [5.74, 6) is 0. The molecule has 1 aromatic carbocycles. The van der Waals surface area contributed by atoms with E-state index in [9.17, 15) is 8.42 Å². The molecule has 20 heavy (non-hydrogen) atoms. The third-order valence-corrected chi connectivity index (χ3v) is 5.10. The van der Waals surface area contributed by atoms with E-state index >= 15 is 0 Å². The second-order valence-electron chi connectivity index (χ2n) is 5.94. The van der Waals surface area contributed by atoms with Crippen molar-refractivity contribution in [1.82, 2.24) is 4.72 Å². The molecule has 1 aliphatic heterocycles. The molecule has 5 nitrogen and oxygen atoms in total. The van der Waals surface area contributed by atoms with Crippen molar-refractivity contribution in [2.45, 2.75) is 50.2 Å². The highest BCUT2D eigenvalue weighted by Gasteiger charge is 2.31. The van der Waals surface area contributed by atoms with Crippen molar-refractivity contribution >= 4 is 15.7 Å². The third-order valence-electron chi connectivity index (χ3n) is 3.58. The molecule has 0 aromatic heterocycles. The van der Waals surface area contributed by atoms with Crippen LogP contribution in [0.15, 0.2) is 23.1 Å². The van der Waals surface area contributed by atoms with E-state index in [2.05, 4.69) is 4.72 Å². The van der Waals surface area contributed by atoms with Crippen LogP contribution in [0.3, 0.4) is 0 Å². The van der Waals surface area contributed by atoms with Gasteiger partial charge in [-0.05, 0) is 51.3 Å². The van der Waals surface area contributed by atoms with E-state index in [0.717, 1.165) is 5.56 Å². The van der Waals surface area contributed by atoms with Crippen LogP contribution in [0.1, 0.15) is 32.3 Å². The number of nitrogens with one attached hydrogen (secondary N) is 1.